The number of hydrogen-bond donors (Lipinski definition) is 0. The van der Waals surface area contributed by atoms with Gasteiger partial charge in [-0.3, -0.25) is 4.79 Å². The van der Waals surface area contributed by atoms with E-state index in [0.717, 1.165) is 12.1 Å². The van der Waals surface area contributed by atoms with Crippen molar-refractivity contribution in [2.75, 3.05) is 19.8 Å². The third kappa shape index (κ3) is 1.85. The molecule has 94 valence electrons. The van der Waals surface area contributed by atoms with Gasteiger partial charge < -0.3 is 9.64 Å². The summed E-state index contributed by atoms with van der Waals surface area (Å²) in [7, 11) is 0. The van der Waals surface area contributed by atoms with E-state index in [9.17, 15) is 4.79 Å². The van der Waals surface area contributed by atoms with Crippen LogP contribution in [0.25, 0.3) is 0 Å². The Bertz CT molecular complexity index is 481. The van der Waals surface area contributed by atoms with Crippen molar-refractivity contribution < 1.29 is 9.53 Å². The van der Waals surface area contributed by atoms with Crippen LogP contribution in [0.5, 0.6) is 0 Å². The van der Waals surface area contributed by atoms with Crippen LogP contribution in [0.2, 0.25) is 0 Å². The van der Waals surface area contributed by atoms with E-state index in [0.29, 0.717) is 13.2 Å². The number of ether oxygens (including phenoxy) is 1. The lowest BCUT2D eigenvalue weighted by Crippen LogP contribution is -2.28. The number of hydrogen-bond acceptors (Lipinski definition) is 2. The first kappa shape index (κ1) is 11.5. The highest BCUT2D eigenvalue weighted by molar-refractivity contribution is 5.96. The molecule has 0 saturated carbocycles. The second-order valence-corrected chi connectivity index (χ2v) is 4.94. The summed E-state index contributed by atoms with van der Waals surface area (Å²) in [4.78, 5) is 14.3. The fourth-order valence-corrected chi connectivity index (χ4v) is 2.76. The highest BCUT2D eigenvalue weighted by atomic mass is 16.5. The molecule has 0 bridgehead atoms. The van der Waals surface area contributed by atoms with Crippen LogP contribution in [0.3, 0.4) is 0 Å². The molecule has 0 aliphatic carbocycles. The predicted octanol–water partition coefficient (Wildman–Crippen LogP) is 2.16. The quantitative estimate of drug-likeness (QED) is 0.796. The average molecular weight is 243 g/mol. The Morgan fingerprint density at radius 2 is 2.11 bits per heavy atom. The molecule has 0 spiro atoms. The second kappa shape index (κ2) is 4.58. The zero-order valence-electron chi connectivity index (χ0n) is 10.5. The Balaban J connectivity index is 1.84. The van der Waals surface area contributed by atoms with Crippen LogP contribution >= 0.6 is 0 Å². The fourth-order valence-electron chi connectivity index (χ4n) is 2.76. The van der Waals surface area contributed by atoms with Crippen molar-refractivity contribution in [3.63, 3.8) is 0 Å². The van der Waals surface area contributed by atoms with Gasteiger partial charge in [0.15, 0.2) is 0 Å². The van der Waals surface area contributed by atoms with Crippen molar-refractivity contribution in [3.8, 4) is 0 Å². The number of benzene rings is 1. The van der Waals surface area contributed by atoms with E-state index in [-0.39, 0.29) is 17.9 Å². The van der Waals surface area contributed by atoms with Crippen LogP contribution in [-0.2, 0) is 9.53 Å². The molecule has 2 heterocycles. The molecule has 2 aliphatic rings. The lowest BCUT2D eigenvalue weighted by Gasteiger charge is -2.24. The van der Waals surface area contributed by atoms with Gasteiger partial charge in [-0.15, -0.1) is 0 Å². The first-order valence-corrected chi connectivity index (χ1v) is 6.41. The van der Waals surface area contributed by atoms with Crippen molar-refractivity contribution in [1.29, 1.82) is 0 Å². The molecule has 3 rings (SSSR count). The number of nitrogens with zero attached hydrogens (tertiary/aromatic N) is 1. The van der Waals surface area contributed by atoms with Crippen LogP contribution in [-0.4, -0.2) is 30.6 Å². The molecule has 1 saturated heterocycles. The molecule has 0 radical (unpaired) electrons. The molecule has 1 amide bonds. The van der Waals surface area contributed by atoms with Crippen LogP contribution in [0.1, 0.15) is 18.5 Å². The summed E-state index contributed by atoms with van der Waals surface area (Å²) in [5.74, 6) is 0.442. The van der Waals surface area contributed by atoms with E-state index in [2.05, 4.69) is 19.1 Å². The molecule has 0 aromatic heterocycles. The molecule has 2 atom stereocenters. The van der Waals surface area contributed by atoms with E-state index in [1.807, 2.05) is 29.2 Å². The lowest BCUT2D eigenvalue weighted by atomic mass is 10.0. The number of carbonyl (C=O) groups is 1. The van der Waals surface area contributed by atoms with E-state index in [1.165, 1.54) is 5.56 Å². The molecule has 3 heteroatoms. The normalized spacial score (nSPS) is 24.7. The summed E-state index contributed by atoms with van der Waals surface area (Å²) in [6, 6.07) is 10.3. The Morgan fingerprint density at radius 1 is 1.33 bits per heavy atom. The van der Waals surface area contributed by atoms with Crippen molar-refractivity contribution in [3.05, 3.63) is 47.5 Å². The van der Waals surface area contributed by atoms with Crippen LogP contribution < -0.4 is 0 Å². The Labute approximate surface area is 107 Å². The Morgan fingerprint density at radius 3 is 2.83 bits per heavy atom. The summed E-state index contributed by atoms with van der Waals surface area (Å²) in [6.45, 7) is 4.12. The first-order chi connectivity index (χ1) is 8.77. The maximum absolute atomic E-state index is 12.4. The largest absolute Gasteiger partial charge is 0.377 e. The van der Waals surface area contributed by atoms with Crippen molar-refractivity contribution in [2.45, 2.75) is 13.0 Å². The molecular formula is C15H17NO2. The summed E-state index contributed by atoms with van der Waals surface area (Å²) in [6.07, 6.45) is 1.94. The van der Waals surface area contributed by atoms with E-state index in [1.54, 1.807) is 0 Å². The van der Waals surface area contributed by atoms with Gasteiger partial charge in [-0.2, -0.15) is 0 Å². The lowest BCUT2D eigenvalue weighted by molar-refractivity contribution is -0.126. The predicted molar refractivity (Wildman–Crippen MR) is 69.0 cm³/mol. The second-order valence-electron chi connectivity index (χ2n) is 4.94. The third-order valence-electron chi connectivity index (χ3n) is 3.85. The zero-order valence-corrected chi connectivity index (χ0v) is 10.5. The van der Waals surface area contributed by atoms with Gasteiger partial charge >= 0.3 is 0 Å². The smallest absolute Gasteiger partial charge is 0.250 e. The van der Waals surface area contributed by atoms with Gasteiger partial charge in [0.2, 0.25) is 0 Å². The van der Waals surface area contributed by atoms with Gasteiger partial charge in [-0.1, -0.05) is 30.3 Å². The Kier molecular flexibility index (Phi) is 2.92. The monoisotopic (exact) mass is 243 g/mol. The summed E-state index contributed by atoms with van der Waals surface area (Å²) in [5.41, 5.74) is 2.13. The van der Waals surface area contributed by atoms with Crippen LogP contribution in [0, 0.1) is 5.92 Å². The van der Waals surface area contributed by atoms with Gasteiger partial charge in [0, 0.05) is 18.0 Å². The van der Waals surface area contributed by atoms with Gasteiger partial charge in [-0.25, -0.2) is 0 Å². The van der Waals surface area contributed by atoms with Crippen LogP contribution in [0.4, 0.5) is 0 Å². The maximum Gasteiger partial charge on any atom is 0.250 e. The summed E-state index contributed by atoms with van der Waals surface area (Å²) >= 11 is 0. The van der Waals surface area contributed by atoms with Gasteiger partial charge in [0.25, 0.3) is 5.91 Å². The molecule has 1 aromatic carbocycles. The number of carbonyl (C=O) groups excluding carboxylic acids is 1. The summed E-state index contributed by atoms with van der Waals surface area (Å²) in [5, 5.41) is 0. The SMILES string of the molecule is CC(c1ccccc1)N1CC2COCC=C2C1=O. The first-order valence-electron chi connectivity index (χ1n) is 6.41. The van der Waals surface area contributed by atoms with Gasteiger partial charge in [-0.05, 0) is 18.6 Å². The maximum atomic E-state index is 12.4. The van der Waals surface area contributed by atoms with Crippen molar-refractivity contribution >= 4 is 5.91 Å². The molecule has 0 N–H and O–H groups in total. The number of likely N-dealkylation sites (tertiary alicyclic amines) is 1. The molecule has 3 nitrogen and oxygen atoms in total. The number of fused-ring (bicyclic) bond motifs is 1. The standard InChI is InChI=1S/C15H17NO2/c1-11(12-5-3-2-4-6-12)16-9-13-10-18-8-7-14(13)15(16)17/h2-7,11,13H,8-10H2,1H3. The number of amides is 1. The molecule has 18 heavy (non-hydrogen) atoms. The molecule has 1 aromatic rings. The minimum atomic E-state index is 0.130. The molecule has 2 aliphatic heterocycles. The highest BCUT2D eigenvalue weighted by Crippen LogP contribution is 2.33. The third-order valence-corrected chi connectivity index (χ3v) is 3.85. The average Bonchev–Trinajstić information content (AvgIpc) is 2.77. The molecule has 1 fully saturated rings. The highest BCUT2D eigenvalue weighted by Gasteiger charge is 2.38. The molecule has 2 unspecified atom stereocenters. The minimum absolute atomic E-state index is 0.130. The Hall–Kier alpha value is -1.61. The van der Waals surface area contributed by atoms with Crippen molar-refractivity contribution in [2.24, 2.45) is 5.92 Å². The summed E-state index contributed by atoms with van der Waals surface area (Å²) < 4.78 is 5.41. The minimum Gasteiger partial charge on any atom is -0.377 e. The zero-order chi connectivity index (χ0) is 12.5. The van der Waals surface area contributed by atoms with Crippen molar-refractivity contribution in [1.82, 2.24) is 4.90 Å². The van der Waals surface area contributed by atoms with Gasteiger partial charge in [0.1, 0.15) is 0 Å². The molecular weight excluding hydrogens is 226 g/mol. The topological polar surface area (TPSA) is 29.5 Å². The van der Waals surface area contributed by atoms with E-state index >= 15 is 0 Å². The van der Waals surface area contributed by atoms with Gasteiger partial charge in [0.05, 0.1) is 19.3 Å². The number of rotatable bonds is 2. The van der Waals surface area contributed by atoms with Crippen LogP contribution in [0.15, 0.2) is 42.0 Å². The van der Waals surface area contributed by atoms with E-state index in [4.69, 9.17) is 4.74 Å². The van der Waals surface area contributed by atoms with E-state index < -0.39 is 0 Å². The fraction of sp³-hybridized carbons (Fsp3) is 0.400.